The molecule has 0 fully saturated rings. The minimum absolute atomic E-state index is 1.11. The predicted molar refractivity (Wildman–Crippen MR) is 147 cm³/mol. The van der Waals surface area contributed by atoms with Crippen LogP contribution in [0, 0.1) is 0 Å². The number of hydrogen-bond acceptors (Lipinski definition) is 2. The first-order valence-electron chi connectivity index (χ1n) is 11.5. The third-order valence-electron chi connectivity index (χ3n) is 5.62. The summed E-state index contributed by atoms with van der Waals surface area (Å²) in [7, 11) is 0. The Morgan fingerprint density at radius 3 is 1.03 bits per heavy atom. The maximum absolute atomic E-state index is 3.40. The van der Waals surface area contributed by atoms with Gasteiger partial charge in [-0.15, -0.1) is 0 Å². The molecule has 6 aromatic carbocycles. The van der Waals surface area contributed by atoms with E-state index >= 15 is 0 Å². The summed E-state index contributed by atoms with van der Waals surface area (Å²) in [5, 5.41) is 11.8. The van der Waals surface area contributed by atoms with Gasteiger partial charge in [0.25, 0.3) is 0 Å². The van der Waals surface area contributed by atoms with Crippen LogP contribution in [-0.4, -0.2) is 0 Å². The third-order valence-corrected chi connectivity index (χ3v) is 5.62. The van der Waals surface area contributed by atoms with Crippen molar-refractivity contribution < 1.29 is 0 Å². The highest BCUT2D eigenvalue weighted by atomic mass is 14.9. The van der Waals surface area contributed by atoms with Crippen LogP contribution in [0.2, 0.25) is 0 Å². The van der Waals surface area contributed by atoms with E-state index in [1.807, 2.05) is 36.4 Å². The van der Waals surface area contributed by atoms with Crippen molar-refractivity contribution >= 4 is 44.3 Å². The SMILES string of the molecule is c1ccc(Nc2ccc3ccccc3c2)cc1.c1ccc(Nc2ccc3ccccc3c2)cc1. The van der Waals surface area contributed by atoms with Gasteiger partial charge < -0.3 is 10.6 Å². The first kappa shape index (κ1) is 21.3. The molecule has 0 aromatic heterocycles. The number of nitrogens with one attached hydrogen (secondary N) is 2. The van der Waals surface area contributed by atoms with Crippen LogP contribution in [0.5, 0.6) is 0 Å². The van der Waals surface area contributed by atoms with Gasteiger partial charge in [-0.3, -0.25) is 0 Å². The smallest absolute Gasteiger partial charge is 0.0390 e. The van der Waals surface area contributed by atoms with Gasteiger partial charge in [0.15, 0.2) is 0 Å². The molecular formula is C32H26N2. The molecule has 0 bridgehead atoms. The molecule has 6 aromatic rings. The number of rotatable bonds is 4. The van der Waals surface area contributed by atoms with E-state index in [4.69, 9.17) is 0 Å². The second kappa shape index (κ2) is 10.4. The van der Waals surface area contributed by atoms with Crippen LogP contribution < -0.4 is 10.6 Å². The lowest BCUT2D eigenvalue weighted by molar-refractivity contribution is 1.57. The highest BCUT2D eigenvalue weighted by molar-refractivity contribution is 5.87. The lowest BCUT2D eigenvalue weighted by Gasteiger charge is -2.07. The Morgan fingerprint density at radius 2 is 0.618 bits per heavy atom. The molecule has 0 saturated heterocycles. The fourth-order valence-electron chi connectivity index (χ4n) is 3.91. The molecule has 6 rings (SSSR count). The first-order valence-corrected chi connectivity index (χ1v) is 11.5. The van der Waals surface area contributed by atoms with Gasteiger partial charge in [-0.25, -0.2) is 0 Å². The highest BCUT2D eigenvalue weighted by Gasteiger charge is 1.97. The molecule has 34 heavy (non-hydrogen) atoms. The van der Waals surface area contributed by atoms with Crippen LogP contribution in [0.3, 0.4) is 0 Å². The second-order valence-corrected chi connectivity index (χ2v) is 8.11. The number of benzene rings is 6. The van der Waals surface area contributed by atoms with E-state index in [0.717, 1.165) is 22.7 Å². The zero-order valence-corrected chi connectivity index (χ0v) is 18.9. The Morgan fingerprint density at radius 1 is 0.265 bits per heavy atom. The largest absolute Gasteiger partial charge is 0.356 e. The number of fused-ring (bicyclic) bond motifs is 2. The van der Waals surface area contributed by atoms with E-state index in [9.17, 15) is 0 Å². The third kappa shape index (κ3) is 5.43. The lowest BCUT2D eigenvalue weighted by Crippen LogP contribution is -1.89. The molecule has 0 saturated carbocycles. The van der Waals surface area contributed by atoms with Gasteiger partial charge in [-0.2, -0.15) is 0 Å². The Labute approximate surface area is 200 Å². The second-order valence-electron chi connectivity index (χ2n) is 8.11. The molecule has 0 atom stereocenters. The molecule has 0 amide bonds. The van der Waals surface area contributed by atoms with Crippen molar-refractivity contribution in [3.63, 3.8) is 0 Å². The standard InChI is InChI=1S/2C16H13N/c2*1-2-8-15(9-3-1)17-16-11-10-13-6-4-5-7-14(13)12-16/h2*1-12,17H. The molecule has 0 aliphatic rings. The molecule has 2 heteroatoms. The van der Waals surface area contributed by atoms with E-state index in [0.29, 0.717) is 0 Å². The average molecular weight is 439 g/mol. The van der Waals surface area contributed by atoms with E-state index in [2.05, 4.69) is 120 Å². The Bertz CT molecular complexity index is 1370. The van der Waals surface area contributed by atoms with Gasteiger partial charge in [0.2, 0.25) is 0 Å². The quantitative estimate of drug-likeness (QED) is 0.287. The van der Waals surface area contributed by atoms with Gasteiger partial charge in [-0.1, -0.05) is 97.1 Å². The maximum Gasteiger partial charge on any atom is 0.0390 e. The highest BCUT2D eigenvalue weighted by Crippen LogP contribution is 2.23. The van der Waals surface area contributed by atoms with Crippen molar-refractivity contribution in [1.82, 2.24) is 0 Å². The molecule has 2 N–H and O–H groups in total. The molecular weight excluding hydrogens is 412 g/mol. The van der Waals surface area contributed by atoms with Crippen LogP contribution in [0.25, 0.3) is 21.5 Å². The summed E-state index contributed by atoms with van der Waals surface area (Å²) in [5.41, 5.74) is 4.47. The van der Waals surface area contributed by atoms with Gasteiger partial charge in [0.05, 0.1) is 0 Å². The van der Waals surface area contributed by atoms with E-state index in [1.165, 1.54) is 21.5 Å². The molecule has 164 valence electrons. The van der Waals surface area contributed by atoms with Crippen molar-refractivity contribution in [2.24, 2.45) is 0 Å². The molecule has 0 aliphatic heterocycles. The molecule has 0 unspecified atom stereocenters. The number of para-hydroxylation sites is 2. The first-order chi connectivity index (χ1) is 16.8. The molecule has 0 heterocycles. The molecule has 0 radical (unpaired) electrons. The normalized spacial score (nSPS) is 10.4. The van der Waals surface area contributed by atoms with E-state index in [-0.39, 0.29) is 0 Å². The van der Waals surface area contributed by atoms with E-state index < -0.39 is 0 Å². The fourth-order valence-corrected chi connectivity index (χ4v) is 3.91. The van der Waals surface area contributed by atoms with E-state index in [1.54, 1.807) is 0 Å². The Kier molecular flexibility index (Phi) is 6.50. The minimum atomic E-state index is 1.11. The van der Waals surface area contributed by atoms with Crippen molar-refractivity contribution in [2.45, 2.75) is 0 Å². The number of hydrogen-bond donors (Lipinski definition) is 2. The summed E-state index contributed by atoms with van der Waals surface area (Å²) in [6, 6.07) is 50.0. The zero-order valence-electron chi connectivity index (χ0n) is 18.9. The average Bonchev–Trinajstić information content (AvgIpc) is 2.90. The fraction of sp³-hybridized carbons (Fsp3) is 0. The summed E-state index contributed by atoms with van der Waals surface area (Å²) < 4.78 is 0. The van der Waals surface area contributed by atoms with Gasteiger partial charge in [0.1, 0.15) is 0 Å². The van der Waals surface area contributed by atoms with Crippen LogP contribution >= 0.6 is 0 Å². The van der Waals surface area contributed by atoms with Gasteiger partial charge >= 0.3 is 0 Å². The Balaban J connectivity index is 0.000000142. The van der Waals surface area contributed by atoms with Crippen LogP contribution in [0.1, 0.15) is 0 Å². The molecule has 0 aliphatic carbocycles. The summed E-state index contributed by atoms with van der Waals surface area (Å²) in [4.78, 5) is 0. The van der Waals surface area contributed by atoms with Crippen LogP contribution in [0.4, 0.5) is 22.7 Å². The van der Waals surface area contributed by atoms with Crippen LogP contribution in [-0.2, 0) is 0 Å². The Hall–Kier alpha value is -4.56. The topological polar surface area (TPSA) is 24.1 Å². The summed E-state index contributed by atoms with van der Waals surface area (Å²) in [5.74, 6) is 0. The summed E-state index contributed by atoms with van der Waals surface area (Å²) in [6.45, 7) is 0. The van der Waals surface area contributed by atoms with Crippen molar-refractivity contribution in [3.05, 3.63) is 146 Å². The van der Waals surface area contributed by atoms with Crippen molar-refractivity contribution in [1.29, 1.82) is 0 Å². The van der Waals surface area contributed by atoms with Gasteiger partial charge in [-0.05, 0) is 70.1 Å². The minimum Gasteiger partial charge on any atom is -0.356 e. The summed E-state index contributed by atoms with van der Waals surface area (Å²) >= 11 is 0. The zero-order chi connectivity index (χ0) is 23.0. The lowest BCUT2D eigenvalue weighted by atomic mass is 10.1. The molecule has 2 nitrogen and oxygen atoms in total. The maximum atomic E-state index is 3.40. The van der Waals surface area contributed by atoms with Crippen molar-refractivity contribution in [2.75, 3.05) is 10.6 Å². The van der Waals surface area contributed by atoms with Gasteiger partial charge in [0, 0.05) is 22.7 Å². The summed E-state index contributed by atoms with van der Waals surface area (Å²) in [6.07, 6.45) is 0. The number of anilines is 4. The predicted octanol–water partition coefficient (Wildman–Crippen LogP) is 9.17. The monoisotopic (exact) mass is 438 g/mol. The van der Waals surface area contributed by atoms with Crippen LogP contribution in [0.15, 0.2) is 146 Å². The van der Waals surface area contributed by atoms with Crippen molar-refractivity contribution in [3.8, 4) is 0 Å². The molecule has 0 spiro atoms.